The molecule has 2 N–H and O–H groups in total. The Hall–Kier alpha value is -0.930. The number of nitrogens with two attached hydrogens (primary N) is 1. The fourth-order valence-electron chi connectivity index (χ4n) is 4.01. The van der Waals surface area contributed by atoms with E-state index in [9.17, 15) is 0 Å². The number of aromatic nitrogens is 1. The van der Waals surface area contributed by atoms with Gasteiger partial charge in [-0.3, -0.25) is 9.88 Å². The third-order valence-corrected chi connectivity index (χ3v) is 5.15. The van der Waals surface area contributed by atoms with Gasteiger partial charge in [0.15, 0.2) is 0 Å². The van der Waals surface area contributed by atoms with Crippen molar-refractivity contribution in [2.75, 3.05) is 13.6 Å². The van der Waals surface area contributed by atoms with E-state index in [2.05, 4.69) is 42.9 Å². The van der Waals surface area contributed by atoms with Crippen LogP contribution in [0.3, 0.4) is 0 Å². The summed E-state index contributed by atoms with van der Waals surface area (Å²) in [6, 6.07) is 4.21. The highest BCUT2D eigenvalue weighted by Gasteiger charge is 2.43. The van der Waals surface area contributed by atoms with Crippen LogP contribution in [-0.2, 0) is 6.54 Å². The zero-order chi connectivity index (χ0) is 14.6. The van der Waals surface area contributed by atoms with Gasteiger partial charge >= 0.3 is 0 Å². The van der Waals surface area contributed by atoms with Crippen LogP contribution in [0, 0.1) is 11.8 Å². The summed E-state index contributed by atoms with van der Waals surface area (Å²) in [4.78, 5) is 6.61. The molecule has 0 amide bonds. The molecule has 112 valence electrons. The second-order valence-electron chi connectivity index (χ2n) is 6.62. The first kappa shape index (κ1) is 15.5. The minimum absolute atomic E-state index is 0.162. The summed E-state index contributed by atoms with van der Waals surface area (Å²) in [5.74, 6) is 1.40. The van der Waals surface area contributed by atoms with E-state index < -0.39 is 0 Å². The van der Waals surface area contributed by atoms with Crippen molar-refractivity contribution < 1.29 is 0 Å². The topological polar surface area (TPSA) is 42.1 Å². The average Bonchev–Trinajstić information content (AvgIpc) is 2.47. The fourth-order valence-corrected chi connectivity index (χ4v) is 4.01. The van der Waals surface area contributed by atoms with E-state index in [1.807, 2.05) is 12.4 Å². The third-order valence-electron chi connectivity index (χ3n) is 5.15. The Morgan fingerprint density at radius 2 is 2.05 bits per heavy atom. The van der Waals surface area contributed by atoms with Gasteiger partial charge in [-0.25, -0.2) is 0 Å². The number of likely N-dealkylation sites (N-methyl/N-ethyl adjacent to an activating group) is 1. The van der Waals surface area contributed by atoms with E-state index in [1.165, 1.54) is 31.2 Å². The average molecular weight is 275 g/mol. The van der Waals surface area contributed by atoms with Crippen LogP contribution in [-0.4, -0.2) is 29.0 Å². The second-order valence-corrected chi connectivity index (χ2v) is 6.62. The molecule has 1 aromatic rings. The standard InChI is InChI=1S/C17H29N3/c1-14(2)16-6-4-5-9-17(16,13-18)20(3)12-15-7-10-19-11-8-15/h7-8,10-11,14,16H,4-6,9,12-13,18H2,1-3H3. The van der Waals surface area contributed by atoms with Crippen molar-refractivity contribution in [2.45, 2.75) is 51.6 Å². The first-order chi connectivity index (χ1) is 9.60. The highest BCUT2D eigenvalue weighted by molar-refractivity contribution is 5.11. The molecule has 0 spiro atoms. The van der Waals surface area contributed by atoms with Gasteiger partial charge in [-0.05, 0) is 49.4 Å². The Labute approximate surface area is 123 Å². The van der Waals surface area contributed by atoms with E-state index in [0.29, 0.717) is 11.8 Å². The fraction of sp³-hybridized carbons (Fsp3) is 0.706. The Balaban J connectivity index is 2.19. The first-order valence-corrected chi connectivity index (χ1v) is 7.90. The summed E-state index contributed by atoms with van der Waals surface area (Å²) in [5, 5.41) is 0. The van der Waals surface area contributed by atoms with Gasteiger partial charge in [-0.1, -0.05) is 26.7 Å². The Morgan fingerprint density at radius 1 is 1.35 bits per heavy atom. The molecule has 2 unspecified atom stereocenters. The molecule has 3 heteroatoms. The third kappa shape index (κ3) is 3.04. The van der Waals surface area contributed by atoms with Crippen LogP contribution < -0.4 is 5.73 Å². The molecule has 0 aliphatic heterocycles. The monoisotopic (exact) mass is 275 g/mol. The molecule has 0 saturated heterocycles. The zero-order valence-corrected chi connectivity index (χ0v) is 13.2. The SMILES string of the molecule is CC(C)C1CCCCC1(CN)N(C)Cc1ccncc1. The molecular weight excluding hydrogens is 246 g/mol. The summed E-state index contributed by atoms with van der Waals surface area (Å²) >= 11 is 0. The molecule has 0 aromatic carbocycles. The lowest BCUT2D eigenvalue weighted by Crippen LogP contribution is -2.59. The van der Waals surface area contributed by atoms with Gasteiger partial charge < -0.3 is 5.73 Å². The van der Waals surface area contributed by atoms with Gasteiger partial charge in [-0.15, -0.1) is 0 Å². The van der Waals surface area contributed by atoms with E-state index >= 15 is 0 Å². The lowest BCUT2D eigenvalue weighted by atomic mass is 9.67. The van der Waals surface area contributed by atoms with E-state index in [-0.39, 0.29) is 5.54 Å². The Morgan fingerprint density at radius 3 is 2.65 bits per heavy atom. The Bertz CT molecular complexity index is 404. The van der Waals surface area contributed by atoms with Gasteiger partial charge in [0.05, 0.1) is 0 Å². The molecule has 1 aromatic heterocycles. The number of hydrogen-bond donors (Lipinski definition) is 1. The number of pyridine rings is 1. The van der Waals surface area contributed by atoms with Crippen LogP contribution in [0.2, 0.25) is 0 Å². The second kappa shape index (κ2) is 6.68. The van der Waals surface area contributed by atoms with Crippen molar-refractivity contribution in [3.05, 3.63) is 30.1 Å². The summed E-state index contributed by atoms with van der Waals surface area (Å²) in [7, 11) is 2.24. The van der Waals surface area contributed by atoms with Gasteiger partial charge in [0.2, 0.25) is 0 Å². The molecule has 1 heterocycles. The normalized spacial score (nSPS) is 27.2. The maximum atomic E-state index is 6.27. The summed E-state index contributed by atoms with van der Waals surface area (Å²) < 4.78 is 0. The zero-order valence-electron chi connectivity index (χ0n) is 13.2. The van der Waals surface area contributed by atoms with E-state index in [4.69, 9.17) is 5.73 Å². The maximum absolute atomic E-state index is 6.27. The van der Waals surface area contributed by atoms with Gasteiger partial charge in [0.25, 0.3) is 0 Å². The van der Waals surface area contributed by atoms with Crippen LogP contribution in [0.15, 0.2) is 24.5 Å². The molecule has 0 radical (unpaired) electrons. The van der Waals surface area contributed by atoms with Crippen LogP contribution in [0.5, 0.6) is 0 Å². The quantitative estimate of drug-likeness (QED) is 0.898. The van der Waals surface area contributed by atoms with Crippen LogP contribution in [0.1, 0.15) is 45.1 Å². The highest BCUT2D eigenvalue weighted by atomic mass is 15.2. The predicted molar refractivity (Wildman–Crippen MR) is 84.3 cm³/mol. The van der Waals surface area contributed by atoms with Crippen molar-refractivity contribution >= 4 is 0 Å². The van der Waals surface area contributed by atoms with Crippen molar-refractivity contribution in [1.82, 2.24) is 9.88 Å². The smallest absolute Gasteiger partial charge is 0.0362 e. The number of hydrogen-bond acceptors (Lipinski definition) is 3. The van der Waals surface area contributed by atoms with Crippen molar-refractivity contribution in [2.24, 2.45) is 17.6 Å². The van der Waals surface area contributed by atoms with Crippen molar-refractivity contribution in [1.29, 1.82) is 0 Å². The largest absolute Gasteiger partial charge is 0.329 e. The minimum atomic E-state index is 0.162. The van der Waals surface area contributed by atoms with Gasteiger partial charge in [0, 0.05) is 31.0 Å². The van der Waals surface area contributed by atoms with Gasteiger partial charge in [-0.2, -0.15) is 0 Å². The summed E-state index contributed by atoms with van der Waals surface area (Å²) in [6.45, 7) is 6.42. The molecule has 20 heavy (non-hydrogen) atoms. The van der Waals surface area contributed by atoms with Crippen molar-refractivity contribution in [3.63, 3.8) is 0 Å². The summed E-state index contributed by atoms with van der Waals surface area (Å²) in [5.41, 5.74) is 7.75. The lowest BCUT2D eigenvalue weighted by molar-refractivity contribution is -0.00185. The molecule has 1 saturated carbocycles. The maximum Gasteiger partial charge on any atom is 0.0362 e. The predicted octanol–water partition coefficient (Wildman–Crippen LogP) is 3.06. The van der Waals surface area contributed by atoms with Crippen LogP contribution in [0.25, 0.3) is 0 Å². The number of rotatable bonds is 5. The molecule has 0 bridgehead atoms. The first-order valence-electron chi connectivity index (χ1n) is 7.90. The molecule has 1 aliphatic carbocycles. The minimum Gasteiger partial charge on any atom is -0.329 e. The molecule has 2 atom stereocenters. The molecule has 2 rings (SSSR count). The molecule has 3 nitrogen and oxygen atoms in total. The van der Waals surface area contributed by atoms with Crippen molar-refractivity contribution in [3.8, 4) is 0 Å². The molecule has 1 fully saturated rings. The van der Waals surface area contributed by atoms with E-state index in [0.717, 1.165) is 13.1 Å². The Kier molecular flexibility index (Phi) is 5.17. The summed E-state index contributed by atoms with van der Waals surface area (Å²) in [6.07, 6.45) is 8.95. The lowest BCUT2D eigenvalue weighted by Gasteiger charge is -2.51. The van der Waals surface area contributed by atoms with Gasteiger partial charge in [0.1, 0.15) is 0 Å². The highest BCUT2D eigenvalue weighted by Crippen LogP contribution is 2.41. The van der Waals surface area contributed by atoms with E-state index in [1.54, 1.807) is 0 Å². The molecule has 1 aliphatic rings. The van der Waals surface area contributed by atoms with Crippen LogP contribution >= 0.6 is 0 Å². The molecular formula is C17H29N3. The van der Waals surface area contributed by atoms with Crippen LogP contribution in [0.4, 0.5) is 0 Å². The number of nitrogens with zero attached hydrogens (tertiary/aromatic N) is 2.